The molecule has 0 saturated carbocycles. The first-order valence-corrected chi connectivity index (χ1v) is 15.1. The van der Waals surface area contributed by atoms with Crippen molar-refractivity contribution in [2.75, 3.05) is 44.3 Å². The number of hydrogen-bond donors (Lipinski definition) is 3. The highest BCUT2D eigenvalue weighted by Gasteiger charge is 2.33. The summed E-state index contributed by atoms with van der Waals surface area (Å²) in [5.74, 6) is 4.34. The fourth-order valence-electron chi connectivity index (χ4n) is 5.11. The van der Waals surface area contributed by atoms with Crippen molar-refractivity contribution in [1.82, 2.24) is 20.4 Å². The van der Waals surface area contributed by atoms with E-state index in [9.17, 15) is 5.11 Å². The van der Waals surface area contributed by atoms with Crippen molar-refractivity contribution in [2.24, 2.45) is 9.98 Å². The van der Waals surface area contributed by atoms with Gasteiger partial charge in [0, 0.05) is 53.2 Å². The number of fused-ring (bicyclic) bond motifs is 2. The highest BCUT2D eigenvalue weighted by Crippen LogP contribution is 2.34. The molecule has 0 radical (unpaired) electrons. The number of nitrogens with one attached hydrogen (secondary N) is 2. The van der Waals surface area contributed by atoms with Crippen LogP contribution in [-0.4, -0.2) is 105 Å². The predicted molar refractivity (Wildman–Crippen MR) is 148 cm³/mol. The molecule has 4 aliphatic heterocycles. The number of rotatable bonds is 8. The third-order valence-electron chi connectivity index (χ3n) is 7.17. The third kappa shape index (κ3) is 7.36. The molecule has 0 aromatic carbocycles. The van der Waals surface area contributed by atoms with E-state index in [-0.39, 0.29) is 17.4 Å². The number of thioether (sulfide) groups is 2. The number of hydrogen-bond acceptors (Lipinski definition) is 9. The van der Waals surface area contributed by atoms with Crippen LogP contribution in [0.2, 0.25) is 0 Å². The van der Waals surface area contributed by atoms with Gasteiger partial charge in [0.15, 0.2) is 11.9 Å². The summed E-state index contributed by atoms with van der Waals surface area (Å²) in [4.78, 5) is 15.0. The smallest absolute Gasteiger partial charge is 0.194 e. The Hall–Kier alpha value is -0.800. The zero-order chi connectivity index (χ0) is 24.3. The van der Waals surface area contributed by atoms with Gasteiger partial charge in [-0.3, -0.25) is 0 Å². The van der Waals surface area contributed by atoms with E-state index in [2.05, 4.69) is 66.8 Å². The summed E-state index contributed by atoms with van der Waals surface area (Å²) in [6.07, 6.45) is 5.59. The Morgan fingerprint density at radius 2 is 1.35 bits per heavy atom. The van der Waals surface area contributed by atoms with Crippen molar-refractivity contribution in [3.8, 4) is 0 Å². The lowest BCUT2D eigenvalue weighted by molar-refractivity contribution is 0.211. The van der Waals surface area contributed by atoms with E-state index in [1.165, 1.54) is 6.42 Å². The van der Waals surface area contributed by atoms with Gasteiger partial charge in [-0.15, -0.1) is 0 Å². The van der Waals surface area contributed by atoms with Crippen LogP contribution in [0, 0.1) is 0 Å². The monoisotopic (exact) mass is 510 g/mol. The Morgan fingerprint density at radius 1 is 0.794 bits per heavy atom. The fourth-order valence-corrected chi connectivity index (χ4v) is 7.26. The van der Waals surface area contributed by atoms with E-state index in [4.69, 9.17) is 9.98 Å². The van der Waals surface area contributed by atoms with Gasteiger partial charge in [0.2, 0.25) is 0 Å². The van der Waals surface area contributed by atoms with Crippen molar-refractivity contribution >= 4 is 35.4 Å². The Labute approximate surface area is 215 Å². The summed E-state index contributed by atoms with van der Waals surface area (Å²) >= 11 is 4.10. The van der Waals surface area contributed by atoms with Gasteiger partial charge in [-0.25, -0.2) is 9.98 Å². The zero-order valence-corrected chi connectivity index (χ0v) is 23.5. The van der Waals surface area contributed by atoms with Crippen LogP contribution in [0.4, 0.5) is 0 Å². The van der Waals surface area contributed by atoms with Crippen LogP contribution >= 0.6 is 23.5 Å². The Bertz CT molecular complexity index is 752. The lowest BCUT2D eigenvalue weighted by Gasteiger charge is -2.41. The van der Waals surface area contributed by atoms with Crippen LogP contribution in [-0.2, 0) is 0 Å². The highest BCUT2D eigenvalue weighted by atomic mass is 32.2. The molecule has 0 unspecified atom stereocenters. The first-order chi connectivity index (χ1) is 16.1. The van der Waals surface area contributed by atoms with Gasteiger partial charge in [0.1, 0.15) is 0 Å². The molecule has 9 heteroatoms. The normalized spacial score (nSPS) is 29.9. The summed E-state index contributed by atoms with van der Waals surface area (Å²) in [6.45, 7) is 16.2. The molecule has 3 N–H and O–H groups in total. The van der Waals surface area contributed by atoms with Crippen molar-refractivity contribution in [2.45, 2.75) is 100 Å². The maximum absolute atomic E-state index is 9.50. The van der Waals surface area contributed by atoms with Crippen LogP contribution in [0.5, 0.6) is 0 Å². The first kappa shape index (κ1) is 26.3. The number of aliphatic imine (C=N–C) groups is 2. The van der Waals surface area contributed by atoms with E-state index in [0.29, 0.717) is 22.9 Å². The highest BCUT2D eigenvalue weighted by molar-refractivity contribution is 8.00. The minimum Gasteiger partial charge on any atom is -0.394 e. The molecule has 2 saturated heterocycles. The second kappa shape index (κ2) is 11.1. The topological polar surface area (TPSA) is 75.5 Å². The molecule has 4 atom stereocenters. The Balaban J connectivity index is 1.27. The molecule has 0 amide bonds. The number of nitrogens with zero attached hydrogens (tertiary/aromatic N) is 4. The van der Waals surface area contributed by atoms with Crippen molar-refractivity contribution in [1.29, 1.82) is 0 Å². The van der Waals surface area contributed by atoms with Gasteiger partial charge in [-0.05, 0) is 32.1 Å². The molecule has 0 aromatic heterocycles. The molecule has 0 aromatic rings. The van der Waals surface area contributed by atoms with E-state index < -0.39 is 0 Å². The van der Waals surface area contributed by atoms with Gasteiger partial charge in [0.05, 0.1) is 24.7 Å². The second-order valence-corrected chi connectivity index (χ2v) is 15.5. The quantitative estimate of drug-likeness (QED) is 0.463. The van der Waals surface area contributed by atoms with Gasteiger partial charge >= 0.3 is 0 Å². The zero-order valence-electron chi connectivity index (χ0n) is 21.8. The Morgan fingerprint density at radius 3 is 2.00 bits per heavy atom. The predicted octanol–water partition coefficient (Wildman–Crippen LogP) is 3.00. The average molecular weight is 511 g/mol. The average Bonchev–Trinajstić information content (AvgIpc) is 2.80. The largest absolute Gasteiger partial charge is 0.394 e. The third-order valence-corrected chi connectivity index (χ3v) is 10.1. The van der Waals surface area contributed by atoms with Gasteiger partial charge in [-0.1, -0.05) is 34.6 Å². The molecule has 2 fully saturated rings. The summed E-state index contributed by atoms with van der Waals surface area (Å²) in [7, 11) is 0. The minimum absolute atomic E-state index is 0.155. The minimum atomic E-state index is 0.155. The molecule has 0 bridgehead atoms. The summed E-state index contributed by atoms with van der Waals surface area (Å²) < 4.78 is 0.490. The van der Waals surface area contributed by atoms with E-state index in [1.54, 1.807) is 0 Å². The standard InChI is InChI=1S/C25H46N6OS2/c1-24(2,3)33-16-20-8-12-30-10-6-18(26-22(30)28-20)14-25(4,5)34-17-21-9-13-31-11-7-19(15-32)27-23(31)29-21/h18-21,32H,6-17H2,1-5H3,(H,26,28)(H,27,29)/t18-,19-,20-,21-/m1/s1. The first-order valence-electron chi connectivity index (χ1n) is 13.2. The molecular formula is C25H46N6OS2. The Kier molecular flexibility index (Phi) is 8.56. The van der Waals surface area contributed by atoms with Crippen molar-refractivity contribution in [3.05, 3.63) is 0 Å². The van der Waals surface area contributed by atoms with Crippen molar-refractivity contribution in [3.63, 3.8) is 0 Å². The molecule has 34 heavy (non-hydrogen) atoms. The molecular weight excluding hydrogens is 464 g/mol. The van der Waals surface area contributed by atoms with E-state index >= 15 is 0 Å². The summed E-state index contributed by atoms with van der Waals surface area (Å²) in [5, 5.41) is 16.7. The molecule has 4 aliphatic rings. The van der Waals surface area contributed by atoms with E-state index in [1.807, 2.05) is 11.8 Å². The van der Waals surface area contributed by atoms with Crippen LogP contribution in [0.15, 0.2) is 9.98 Å². The summed E-state index contributed by atoms with van der Waals surface area (Å²) in [5.41, 5.74) is 0. The SMILES string of the molecule is CC(C)(C)SC[C@H]1CCN2CC[C@H](CC(C)(C)SC[C@H]3CCN4CC[C@H](CO)NC4=N3)N=C2N1. The number of aliphatic hydroxyl groups is 1. The van der Waals surface area contributed by atoms with E-state index in [0.717, 1.165) is 75.3 Å². The maximum atomic E-state index is 9.50. The van der Waals surface area contributed by atoms with Crippen molar-refractivity contribution < 1.29 is 5.11 Å². The lowest BCUT2D eigenvalue weighted by Crippen LogP contribution is -2.56. The van der Waals surface area contributed by atoms with Crippen LogP contribution in [0.1, 0.15) is 66.7 Å². The molecule has 7 nitrogen and oxygen atoms in total. The molecule has 0 aliphatic carbocycles. The van der Waals surface area contributed by atoms with Gasteiger partial charge in [0.25, 0.3) is 0 Å². The molecule has 4 heterocycles. The van der Waals surface area contributed by atoms with Gasteiger partial charge < -0.3 is 25.5 Å². The van der Waals surface area contributed by atoms with Crippen LogP contribution in [0.25, 0.3) is 0 Å². The van der Waals surface area contributed by atoms with Crippen LogP contribution < -0.4 is 10.6 Å². The van der Waals surface area contributed by atoms with Crippen LogP contribution in [0.3, 0.4) is 0 Å². The lowest BCUT2D eigenvalue weighted by atomic mass is 9.99. The number of aliphatic hydroxyl groups excluding tert-OH is 1. The molecule has 0 spiro atoms. The second-order valence-electron chi connectivity index (χ2n) is 11.9. The fraction of sp³-hybridized carbons (Fsp3) is 0.920. The number of guanidine groups is 2. The molecule has 4 rings (SSSR count). The molecule has 194 valence electrons. The van der Waals surface area contributed by atoms with Gasteiger partial charge in [-0.2, -0.15) is 23.5 Å². The maximum Gasteiger partial charge on any atom is 0.194 e. The summed E-state index contributed by atoms with van der Waals surface area (Å²) in [6, 6.07) is 1.44.